The smallest absolute Gasteiger partial charge is 0.325 e. The van der Waals surface area contributed by atoms with Gasteiger partial charge in [0.25, 0.3) is 10.0 Å². The molecule has 7 nitrogen and oxygen atoms in total. The van der Waals surface area contributed by atoms with E-state index in [0.29, 0.717) is 0 Å². The van der Waals surface area contributed by atoms with Gasteiger partial charge in [0.15, 0.2) is 5.03 Å². The van der Waals surface area contributed by atoms with Gasteiger partial charge in [-0.15, -0.1) is 11.6 Å². The number of rotatable bonds is 5. The molecule has 0 saturated carbocycles. The highest BCUT2D eigenvalue weighted by molar-refractivity contribution is 7.89. The lowest BCUT2D eigenvalue weighted by atomic mass is 10.4. The molecule has 0 aliphatic heterocycles. The third kappa shape index (κ3) is 3.42. The fourth-order valence-corrected chi connectivity index (χ4v) is 2.52. The van der Waals surface area contributed by atoms with E-state index in [1.54, 1.807) is 0 Å². The second-order valence-corrected chi connectivity index (χ2v) is 5.38. The monoisotopic (exact) mass is 281 g/mol. The van der Waals surface area contributed by atoms with E-state index in [9.17, 15) is 13.2 Å². The van der Waals surface area contributed by atoms with Crippen LogP contribution in [0.4, 0.5) is 0 Å². The van der Waals surface area contributed by atoms with Gasteiger partial charge in [-0.05, 0) is 6.07 Å². The molecule has 17 heavy (non-hydrogen) atoms. The van der Waals surface area contributed by atoms with Crippen LogP contribution in [0.5, 0.6) is 0 Å². The number of hydrogen-bond donors (Lipinski definition) is 1. The quantitative estimate of drug-likeness (QED) is 0.579. The zero-order chi connectivity index (χ0) is 13.1. The lowest BCUT2D eigenvalue weighted by Gasteiger charge is -2.09. The molecule has 1 aromatic rings. The van der Waals surface area contributed by atoms with Gasteiger partial charge in [0, 0.05) is 13.6 Å². The van der Waals surface area contributed by atoms with Crippen molar-refractivity contribution in [3.05, 3.63) is 12.3 Å². The molecule has 9 heteroatoms. The topological polar surface area (TPSA) is 90.3 Å². The lowest BCUT2D eigenvalue weighted by molar-refractivity contribution is -0.140. The van der Waals surface area contributed by atoms with Crippen molar-refractivity contribution in [2.75, 3.05) is 13.7 Å². The molecule has 0 bridgehead atoms. The molecule has 0 aromatic carbocycles. The maximum atomic E-state index is 11.7. The number of nitrogens with one attached hydrogen (secondary N) is 1. The van der Waals surface area contributed by atoms with Gasteiger partial charge < -0.3 is 4.74 Å². The number of alkyl halides is 1. The Hall–Kier alpha value is -1.12. The summed E-state index contributed by atoms with van der Waals surface area (Å²) in [6, 6.07) is 1.34. The maximum absolute atomic E-state index is 11.7. The van der Waals surface area contributed by atoms with E-state index < -0.39 is 21.4 Å². The van der Waals surface area contributed by atoms with E-state index in [2.05, 4.69) is 14.6 Å². The van der Waals surface area contributed by atoms with Crippen LogP contribution in [0.3, 0.4) is 0 Å². The average molecular weight is 282 g/mol. The molecule has 1 unspecified atom stereocenters. The number of hydrogen-bond acceptors (Lipinski definition) is 5. The minimum atomic E-state index is -3.73. The minimum absolute atomic E-state index is 0.00812. The van der Waals surface area contributed by atoms with Crippen molar-refractivity contribution in [2.45, 2.75) is 10.4 Å². The van der Waals surface area contributed by atoms with Crippen molar-refractivity contribution >= 4 is 27.6 Å². The first kappa shape index (κ1) is 13.9. The van der Waals surface area contributed by atoms with Crippen LogP contribution in [0.25, 0.3) is 0 Å². The van der Waals surface area contributed by atoms with Gasteiger partial charge in [0.2, 0.25) is 0 Å². The van der Waals surface area contributed by atoms with Crippen molar-refractivity contribution in [1.29, 1.82) is 0 Å². The molecule has 1 N–H and O–H groups in total. The van der Waals surface area contributed by atoms with Crippen LogP contribution in [0.1, 0.15) is 0 Å². The standard InChI is InChI=1S/C8H12ClN3O4S/c1-12-7(3-4-10-12)17(14,15)11-5-6(9)8(13)16-2/h3-4,6,11H,5H2,1-2H3. The first-order valence-electron chi connectivity index (χ1n) is 4.58. The van der Waals surface area contributed by atoms with Gasteiger partial charge in [0.05, 0.1) is 13.3 Å². The molecule has 1 heterocycles. The molecule has 1 aromatic heterocycles. The summed E-state index contributed by atoms with van der Waals surface area (Å²) in [7, 11) is -1.06. The lowest BCUT2D eigenvalue weighted by Crippen LogP contribution is -2.35. The highest BCUT2D eigenvalue weighted by Gasteiger charge is 2.22. The van der Waals surface area contributed by atoms with E-state index in [1.807, 2.05) is 0 Å². The predicted molar refractivity (Wildman–Crippen MR) is 60.1 cm³/mol. The van der Waals surface area contributed by atoms with Crippen molar-refractivity contribution < 1.29 is 17.9 Å². The number of halogens is 1. The summed E-state index contributed by atoms with van der Waals surface area (Å²) in [6.07, 6.45) is 1.35. The summed E-state index contributed by atoms with van der Waals surface area (Å²) in [4.78, 5) is 11.0. The number of carbonyl (C=O) groups is 1. The van der Waals surface area contributed by atoms with E-state index in [0.717, 1.165) is 0 Å². The largest absolute Gasteiger partial charge is 0.468 e. The van der Waals surface area contributed by atoms with Crippen LogP contribution in [-0.4, -0.2) is 43.2 Å². The van der Waals surface area contributed by atoms with Gasteiger partial charge in [-0.25, -0.2) is 13.1 Å². The summed E-state index contributed by atoms with van der Waals surface area (Å²) >= 11 is 5.61. The van der Waals surface area contributed by atoms with Gasteiger partial charge in [0.1, 0.15) is 5.38 Å². The van der Waals surface area contributed by atoms with E-state index in [-0.39, 0.29) is 11.6 Å². The molecule has 0 fully saturated rings. The summed E-state index contributed by atoms with van der Waals surface area (Å²) in [5.41, 5.74) is 0. The van der Waals surface area contributed by atoms with E-state index >= 15 is 0 Å². The fourth-order valence-electron chi connectivity index (χ4n) is 1.09. The molecule has 0 spiro atoms. The Morgan fingerprint density at radius 3 is 2.82 bits per heavy atom. The molecule has 0 aliphatic rings. The van der Waals surface area contributed by atoms with Crippen molar-refractivity contribution in [2.24, 2.45) is 7.05 Å². The van der Waals surface area contributed by atoms with Crippen LogP contribution >= 0.6 is 11.6 Å². The first-order valence-corrected chi connectivity index (χ1v) is 6.50. The Balaban J connectivity index is 2.70. The maximum Gasteiger partial charge on any atom is 0.325 e. The summed E-state index contributed by atoms with van der Waals surface area (Å²) < 4.78 is 31.3. The summed E-state index contributed by atoms with van der Waals surface area (Å²) in [5, 5.41) is 2.66. The Labute approximate surface area is 104 Å². The Kier molecular flexibility index (Phi) is 4.49. The number of sulfonamides is 1. The molecule has 1 rings (SSSR count). The Morgan fingerprint density at radius 2 is 2.35 bits per heavy atom. The third-order valence-electron chi connectivity index (χ3n) is 1.96. The van der Waals surface area contributed by atoms with Crippen molar-refractivity contribution in [1.82, 2.24) is 14.5 Å². The molecule has 1 atom stereocenters. The molecule has 0 aliphatic carbocycles. The van der Waals surface area contributed by atoms with Crippen LogP contribution in [0.15, 0.2) is 17.3 Å². The number of nitrogens with zero attached hydrogens (tertiary/aromatic N) is 2. The fraction of sp³-hybridized carbons (Fsp3) is 0.500. The molecule has 0 saturated heterocycles. The van der Waals surface area contributed by atoms with Crippen LogP contribution in [0.2, 0.25) is 0 Å². The molecular formula is C8H12ClN3O4S. The van der Waals surface area contributed by atoms with Crippen LogP contribution in [-0.2, 0) is 26.6 Å². The molecule has 96 valence electrons. The minimum Gasteiger partial charge on any atom is -0.468 e. The number of esters is 1. The van der Waals surface area contributed by atoms with Crippen molar-refractivity contribution in [3.8, 4) is 0 Å². The number of carbonyl (C=O) groups excluding carboxylic acids is 1. The van der Waals surface area contributed by atoms with Gasteiger partial charge in [-0.3, -0.25) is 9.48 Å². The van der Waals surface area contributed by atoms with Gasteiger partial charge in [-0.2, -0.15) is 5.10 Å². The number of aromatic nitrogens is 2. The van der Waals surface area contributed by atoms with Crippen molar-refractivity contribution in [3.63, 3.8) is 0 Å². The zero-order valence-electron chi connectivity index (χ0n) is 9.25. The normalized spacial score (nSPS) is 13.4. The highest BCUT2D eigenvalue weighted by atomic mass is 35.5. The Morgan fingerprint density at radius 1 is 1.71 bits per heavy atom. The SMILES string of the molecule is COC(=O)C(Cl)CNS(=O)(=O)c1ccnn1C. The first-order chi connectivity index (χ1) is 7.88. The second-order valence-electron chi connectivity index (χ2n) is 3.14. The highest BCUT2D eigenvalue weighted by Crippen LogP contribution is 2.06. The third-order valence-corrected chi connectivity index (χ3v) is 3.79. The summed E-state index contributed by atoms with van der Waals surface area (Å²) in [5.74, 6) is -0.695. The van der Waals surface area contributed by atoms with Gasteiger partial charge >= 0.3 is 5.97 Å². The van der Waals surface area contributed by atoms with Gasteiger partial charge in [-0.1, -0.05) is 0 Å². The number of aryl methyl sites for hydroxylation is 1. The van der Waals surface area contributed by atoms with Crippen LogP contribution in [0, 0.1) is 0 Å². The number of ether oxygens (including phenoxy) is 1. The predicted octanol–water partition coefficient (Wildman–Crippen LogP) is -0.521. The van der Waals surface area contributed by atoms with E-state index in [4.69, 9.17) is 11.6 Å². The molecule has 0 amide bonds. The van der Waals surface area contributed by atoms with E-state index in [1.165, 1.54) is 31.1 Å². The van der Waals surface area contributed by atoms with Crippen LogP contribution < -0.4 is 4.72 Å². The average Bonchev–Trinajstić information content (AvgIpc) is 2.72. The molecule has 0 radical (unpaired) electrons. The Bertz CT molecular complexity index is 499. The number of methoxy groups -OCH3 is 1. The molecular weight excluding hydrogens is 270 g/mol. The second kappa shape index (κ2) is 5.48. The summed E-state index contributed by atoms with van der Waals surface area (Å²) in [6.45, 7) is -0.248. The zero-order valence-corrected chi connectivity index (χ0v) is 10.8.